The number of nitrogens with one attached hydrogen (secondary N) is 3. The Kier molecular flexibility index (Phi) is 9.63. The van der Waals surface area contributed by atoms with Crippen molar-refractivity contribution in [1.29, 1.82) is 0 Å². The zero-order valence-corrected chi connectivity index (χ0v) is 15.7. The van der Waals surface area contributed by atoms with Crippen molar-refractivity contribution in [2.24, 2.45) is 0 Å². The van der Waals surface area contributed by atoms with Gasteiger partial charge in [0.2, 0.25) is 5.91 Å². The predicted octanol–water partition coefficient (Wildman–Crippen LogP) is 2.15. The molecule has 3 N–H and O–H groups in total. The lowest BCUT2D eigenvalue weighted by Gasteiger charge is -2.13. The van der Waals surface area contributed by atoms with Crippen molar-refractivity contribution in [3.8, 4) is 0 Å². The van der Waals surface area contributed by atoms with Crippen LogP contribution in [-0.4, -0.2) is 36.0 Å². The van der Waals surface area contributed by atoms with Gasteiger partial charge in [-0.1, -0.05) is 25.5 Å². The lowest BCUT2D eigenvalue weighted by molar-refractivity contribution is -0.137. The third-order valence-corrected chi connectivity index (χ3v) is 3.33. The number of rotatable bonds is 8. The highest BCUT2D eigenvalue weighted by atomic mass is 32.1. The van der Waals surface area contributed by atoms with E-state index in [1.807, 2.05) is 6.92 Å². The van der Waals surface area contributed by atoms with Gasteiger partial charge in [0.25, 0.3) is 5.91 Å². The molecule has 0 saturated carbocycles. The van der Waals surface area contributed by atoms with Crippen LogP contribution in [0.15, 0.2) is 36.4 Å². The topological polar surface area (TPSA) is 96.5 Å². The summed E-state index contributed by atoms with van der Waals surface area (Å²) in [6.07, 6.45) is 3.91. The summed E-state index contributed by atoms with van der Waals surface area (Å²) in [7, 11) is 0. The maximum absolute atomic E-state index is 12.2. The first-order valence-corrected chi connectivity index (χ1v) is 8.72. The van der Waals surface area contributed by atoms with E-state index in [4.69, 9.17) is 12.2 Å². The van der Waals surface area contributed by atoms with Crippen molar-refractivity contribution >= 4 is 40.8 Å². The van der Waals surface area contributed by atoms with Gasteiger partial charge in [0.15, 0.2) is 5.11 Å². The molecule has 0 saturated heterocycles. The van der Waals surface area contributed by atoms with E-state index in [-0.39, 0.29) is 17.6 Å². The van der Waals surface area contributed by atoms with Crippen molar-refractivity contribution in [1.82, 2.24) is 10.6 Å². The number of anilines is 1. The summed E-state index contributed by atoms with van der Waals surface area (Å²) >= 11 is 5.07. The molecular formula is C18H23N3O4S. The monoisotopic (exact) mass is 377 g/mol. The maximum atomic E-state index is 12.2. The van der Waals surface area contributed by atoms with Crippen LogP contribution in [0.5, 0.6) is 0 Å². The van der Waals surface area contributed by atoms with E-state index in [1.54, 1.807) is 31.2 Å². The van der Waals surface area contributed by atoms with Crippen molar-refractivity contribution in [2.75, 3.05) is 18.5 Å². The van der Waals surface area contributed by atoms with E-state index >= 15 is 0 Å². The average Bonchev–Trinajstić information content (AvgIpc) is 2.60. The molecule has 0 bridgehead atoms. The number of para-hydroxylation sites is 1. The predicted molar refractivity (Wildman–Crippen MR) is 104 cm³/mol. The van der Waals surface area contributed by atoms with E-state index < -0.39 is 11.9 Å². The van der Waals surface area contributed by atoms with Gasteiger partial charge in [0, 0.05) is 18.7 Å². The van der Waals surface area contributed by atoms with Crippen molar-refractivity contribution in [3.63, 3.8) is 0 Å². The van der Waals surface area contributed by atoms with Crippen LogP contribution in [0.4, 0.5) is 5.69 Å². The van der Waals surface area contributed by atoms with E-state index in [0.29, 0.717) is 17.8 Å². The minimum atomic E-state index is -0.615. The molecule has 0 radical (unpaired) electrons. The van der Waals surface area contributed by atoms with E-state index in [9.17, 15) is 14.4 Å². The Hall–Kier alpha value is -2.74. The van der Waals surface area contributed by atoms with Gasteiger partial charge in [-0.2, -0.15) is 0 Å². The zero-order valence-electron chi connectivity index (χ0n) is 14.8. The molecule has 0 spiro atoms. The van der Waals surface area contributed by atoms with Crippen LogP contribution >= 0.6 is 12.2 Å². The number of benzene rings is 1. The van der Waals surface area contributed by atoms with Gasteiger partial charge in [-0.3, -0.25) is 14.9 Å². The quantitative estimate of drug-likeness (QED) is 0.278. The van der Waals surface area contributed by atoms with Gasteiger partial charge in [0.1, 0.15) is 0 Å². The fourth-order valence-electron chi connectivity index (χ4n) is 1.91. The van der Waals surface area contributed by atoms with E-state index in [2.05, 4.69) is 20.7 Å². The molecule has 1 aromatic rings. The van der Waals surface area contributed by atoms with E-state index in [0.717, 1.165) is 25.0 Å². The Morgan fingerprint density at radius 2 is 1.88 bits per heavy atom. The van der Waals surface area contributed by atoms with Gasteiger partial charge in [-0.25, -0.2) is 4.79 Å². The first-order chi connectivity index (χ1) is 12.5. The lowest BCUT2D eigenvalue weighted by atomic mass is 10.1. The smallest absolute Gasteiger partial charge is 0.330 e. The Balaban J connectivity index is 2.65. The number of ether oxygens (including phenoxy) is 1. The largest absolute Gasteiger partial charge is 0.463 e. The highest BCUT2D eigenvalue weighted by molar-refractivity contribution is 7.80. The summed E-state index contributed by atoms with van der Waals surface area (Å²) in [6, 6.07) is 6.83. The number of carbonyl (C=O) groups excluding carboxylic acids is 3. The fourth-order valence-corrected chi connectivity index (χ4v) is 2.12. The number of amides is 2. The number of thiocarbonyl (C=S) groups is 1. The molecule has 7 nitrogen and oxygen atoms in total. The molecule has 1 rings (SSSR count). The van der Waals surface area contributed by atoms with Gasteiger partial charge in [-0.15, -0.1) is 0 Å². The highest BCUT2D eigenvalue weighted by Gasteiger charge is 2.12. The van der Waals surface area contributed by atoms with Crippen LogP contribution in [-0.2, 0) is 14.3 Å². The SMILES string of the molecule is CCCCNC(=O)c1ccccc1NC(=S)NC(=O)/C=C/C(=O)OCC. The second-order valence-electron chi connectivity index (χ2n) is 5.18. The standard InChI is InChI=1S/C18H23N3O4S/c1-3-5-12-19-17(24)13-8-6-7-9-14(13)20-18(26)21-15(22)10-11-16(23)25-4-2/h6-11H,3-5,12H2,1-2H3,(H,19,24)(H2,20,21,22,26)/b11-10+. The Labute approximate surface area is 158 Å². The summed E-state index contributed by atoms with van der Waals surface area (Å²) in [5.41, 5.74) is 0.892. The first kappa shape index (κ1) is 21.3. The molecule has 8 heteroatoms. The summed E-state index contributed by atoms with van der Waals surface area (Å²) in [5.74, 6) is -1.42. The van der Waals surface area contributed by atoms with Crippen LogP contribution in [0.25, 0.3) is 0 Å². The van der Waals surface area contributed by atoms with Crippen LogP contribution in [0.3, 0.4) is 0 Å². The van der Waals surface area contributed by atoms with Gasteiger partial charge in [0.05, 0.1) is 17.9 Å². The molecule has 0 fully saturated rings. The molecule has 0 aliphatic heterocycles. The Bertz CT molecular complexity index is 689. The van der Waals surface area contributed by atoms with Crippen molar-refractivity contribution in [2.45, 2.75) is 26.7 Å². The summed E-state index contributed by atoms with van der Waals surface area (Å²) in [6.45, 7) is 4.52. The van der Waals surface area contributed by atoms with E-state index in [1.165, 1.54) is 0 Å². The molecule has 0 aromatic heterocycles. The fraction of sp³-hybridized carbons (Fsp3) is 0.333. The second kappa shape index (κ2) is 11.8. The van der Waals surface area contributed by atoms with Crippen LogP contribution < -0.4 is 16.0 Å². The summed E-state index contributed by atoms with van der Waals surface area (Å²) < 4.78 is 4.68. The Morgan fingerprint density at radius 3 is 2.58 bits per heavy atom. The minimum absolute atomic E-state index is 0.0114. The molecule has 140 valence electrons. The summed E-state index contributed by atoms with van der Waals surface area (Å²) in [5, 5.41) is 8.05. The third kappa shape index (κ3) is 7.89. The molecule has 26 heavy (non-hydrogen) atoms. The Morgan fingerprint density at radius 1 is 1.15 bits per heavy atom. The number of hydrogen-bond donors (Lipinski definition) is 3. The maximum Gasteiger partial charge on any atom is 0.330 e. The number of esters is 1. The minimum Gasteiger partial charge on any atom is -0.463 e. The van der Waals surface area contributed by atoms with Gasteiger partial charge < -0.3 is 15.4 Å². The number of hydrogen-bond acceptors (Lipinski definition) is 5. The van der Waals surface area contributed by atoms with Gasteiger partial charge >= 0.3 is 5.97 Å². The first-order valence-electron chi connectivity index (χ1n) is 8.32. The summed E-state index contributed by atoms with van der Waals surface area (Å²) in [4.78, 5) is 35.1. The van der Waals surface area contributed by atoms with Crippen LogP contribution in [0, 0.1) is 0 Å². The highest BCUT2D eigenvalue weighted by Crippen LogP contribution is 2.14. The number of unbranched alkanes of at least 4 members (excludes halogenated alkanes) is 1. The van der Waals surface area contributed by atoms with Crippen LogP contribution in [0.2, 0.25) is 0 Å². The second-order valence-corrected chi connectivity index (χ2v) is 5.59. The molecule has 0 atom stereocenters. The van der Waals surface area contributed by atoms with Crippen molar-refractivity contribution in [3.05, 3.63) is 42.0 Å². The third-order valence-electron chi connectivity index (χ3n) is 3.13. The zero-order chi connectivity index (χ0) is 19.4. The molecule has 1 aromatic carbocycles. The molecule has 2 amide bonds. The molecule has 0 aliphatic rings. The lowest BCUT2D eigenvalue weighted by Crippen LogP contribution is -2.34. The van der Waals surface area contributed by atoms with Gasteiger partial charge in [-0.05, 0) is 37.7 Å². The number of carbonyl (C=O) groups is 3. The normalized spacial score (nSPS) is 10.2. The average molecular weight is 377 g/mol. The van der Waals surface area contributed by atoms with Crippen LogP contribution in [0.1, 0.15) is 37.0 Å². The van der Waals surface area contributed by atoms with Crippen molar-refractivity contribution < 1.29 is 19.1 Å². The molecule has 0 aliphatic carbocycles. The molecule has 0 heterocycles. The molecular weight excluding hydrogens is 354 g/mol. The molecule has 0 unspecified atom stereocenters.